The zero-order chi connectivity index (χ0) is 14.0. The fourth-order valence-corrected chi connectivity index (χ4v) is 2.49. The van der Waals surface area contributed by atoms with Crippen LogP contribution >= 0.6 is 15.9 Å². The van der Waals surface area contributed by atoms with Gasteiger partial charge in [0.05, 0.1) is 4.47 Å². The van der Waals surface area contributed by atoms with Gasteiger partial charge in [-0.1, -0.05) is 0 Å². The molecule has 0 radical (unpaired) electrons. The van der Waals surface area contributed by atoms with E-state index >= 15 is 0 Å². The lowest BCUT2D eigenvalue weighted by molar-refractivity contribution is 0.240. The van der Waals surface area contributed by atoms with E-state index in [9.17, 15) is 8.78 Å². The highest BCUT2D eigenvalue weighted by molar-refractivity contribution is 9.10. The molecule has 1 aromatic rings. The molecule has 0 saturated heterocycles. The van der Waals surface area contributed by atoms with Gasteiger partial charge in [0.2, 0.25) is 0 Å². The minimum atomic E-state index is -0.518. The van der Waals surface area contributed by atoms with Gasteiger partial charge in [-0.2, -0.15) is 0 Å². The maximum absolute atomic E-state index is 13.7. The number of nitrogens with zero attached hydrogens (tertiary/aromatic N) is 1. The molecule has 2 nitrogen and oxygen atoms in total. The summed E-state index contributed by atoms with van der Waals surface area (Å²) in [6, 6.07) is 3.73. The molecule has 1 aromatic carbocycles. The van der Waals surface area contributed by atoms with E-state index in [1.54, 1.807) is 0 Å². The van der Waals surface area contributed by atoms with Gasteiger partial charge in [-0.15, -0.1) is 0 Å². The molecule has 0 aliphatic heterocycles. The van der Waals surface area contributed by atoms with Crippen LogP contribution in [0.1, 0.15) is 25.3 Å². The third kappa shape index (κ3) is 3.74. The monoisotopic (exact) mass is 332 g/mol. The number of halogens is 3. The molecule has 1 saturated carbocycles. The van der Waals surface area contributed by atoms with Crippen LogP contribution in [0.5, 0.6) is 0 Å². The maximum Gasteiger partial charge on any atom is 0.144 e. The summed E-state index contributed by atoms with van der Waals surface area (Å²) < 4.78 is 27.6. The first-order valence-electron chi connectivity index (χ1n) is 6.55. The summed E-state index contributed by atoms with van der Waals surface area (Å²) >= 11 is 3.07. The molecule has 2 rings (SSSR count). The van der Waals surface area contributed by atoms with Crippen LogP contribution < -0.4 is 5.32 Å². The first kappa shape index (κ1) is 14.9. The maximum atomic E-state index is 13.7. The van der Waals surface area contributed by atoms with Crippen LogP contribution in [0.25, 0.3) is 0 Å². The van der Waals surface area contributed by atoms with E-state index in [0.717, 1.165) is 6.54 Å². The lowest BCUT2D eigenvalue weighted by Gasteiger charge is -2.24. The molecule has 1 atom stereocenters. The lowest BCUT2D eigenvalue weighted by Crippen LogP contribution is -2.39. The second-order valence-electron chi connectivity index (χ2n) is 5.20. The predicted octanol–water partition coefficient (Wildman–Crippen LogP) is 3.30. The normalized spacial score (nSPS) is 16.9. The van der Waals surface area contributed by atoms with Crippen molar-refractivity contribution in [2.45, 2.75) is 38.4 Å². The molecule has 1 aliphatic rings. The average molecular weight is 333 g/mol. The molecule has 1 N–H and O–H groups in total. The molecule has 1 aliphatic carbocycles. The Labute approximate surface area is 121 Å². The van der Waals surface area contributed by atoms with Gasteiger partial charge in [0, 0.05) is 30.7 Å². The molecule has 5 heteroatoms. The second-order valence-corrected chi connectivity index (χ2v) is 6.05. The van der Waals surface area contributed by atoms with Crippen molar-refractivity contribution in [1.29, 1.82) is 0 Å². The van der Waals surface area contributed by atoms with Crippen molar-refractivity contribution in [3.05, 3.63) is 33.8 Å². The summed E-state index contributed by atoms with van der Waals surface area (Å²) in [5, 5.41) is 3.13. The molecule has 0 aromatic heterocycles. The standard InChI is InChI=1S/C14H19BrF2N2/c1-9(19(2)10-3-4-10)7-18-8-11-13(16)6-5-12(15)14(11)17/h5-6,9-10,18H,3-4,7-8H2,1-2H3. The minimum absolute atomic E-state index is 0.0932. The number of rotatable bonds is 6. The molecular weight excluding hydrogens is 314 g/mol. The molecule has 0 amide bonds. The smallest absolute Gasteiger partial charge is 0.144 e. The lowest BCUT2D eigenvalue weighted by atomic mass is 10.2. The van der Waals surface area contributed by atoms with Crippen molar-refractivity contribution in [3.63, 3.8) is 0 Å². The first-order chi connectivity index (χ1) is 9.00. The molecular formula is C14H19BrF2N2. The zero-order valence-electron chi connectivity index (χ0n) is 11.2. The Hall–Kier alpha value is -0.520. The Morgan fingerprint density at radius 3 is 2.74 bits per heavy atom. The van der Waals surface area contributed by atoms with Gasteiger partial charge < -0.3 is 5.32 Å². The Morgan fingerprint density at radius 2 is 2.11 bits per heavy atom. The highest BCUT2D eigenvalue weighted by Crippen LogP contribution is 2.26. The highest BCUT2D eigenvalue weighted by atomic mass is 79.9. The largest absolute Gasteiger partial charge is 0.311 e. The van der Waals surface area contributed by atoms with E-state index < -0.39 is 11.6 Å². The van der Waals surface area contributed by atoms with Crippen molar-refractivity contribution < 1.29 is 8.78 Å². The summed E-state index contributed by atoms with van der Waals surface area (Å²) in [6.07, 6.45) is 2.52. The van der Waals surface area contributed by atoms with Crippen molar-refractivity contribution in [3.8, 4) is 0 Å². The molecule has 0 heterocycles. The van der Waals surface area contributed by atoms with Crippen molar-refractivity contribution in [1.82, 2.24) is 10.2 Å². The Balaban J connectivity index is 1.87. The highest BCUT2D eigenvalue weighted by Gasteiger charge is 2.28. The molecule has 0 bridgehead atoms. The van der Waals surface area contributed by atoms with E-state index in [0.29, 0.717) is 16.6 Å². The first-order valence-corrected chi connectivity index (χ1v) is 7.35. The van der Waals surface area contributed by atoms with Crippen LogP contribution in [-0.2, 0) is 6.54 Å². The number of likely N-dealkylation sites (N-methyl/N-ethyl adjacent to an activating group) is 1. The van der Waals surface area contributed by atoms with Crippen molar-refractivity contribution in [2.24, 2.45) is 0 Å². The number of benzene rings is 1. The summed E-state index contributed by atoms with van der Waals surface area (Å²) in [5.41, 5.74) is 0.0932. The van der Waals surface area contributed by atoms with Crippen LogP contribution in [0.4, 0.5) is 8.78 Å². The van der Waals surface area contributed by atoms with Crippen LogP contribution in [0.3, 0.4) is 0 Å². The fraction of sp³-hybridized carbons (Fsp3) is 0.571. The topological polar surface area (TPSA) is 15.3 Å². The molecule has 1 unspecified atom stereocenters. The van der Waals surface area contributed by atoms with E-state index in [2.05, 4.69) is 40.1 Å². The van der Waals surface area contributed by atoms with Gasteiger partial charge in [-0.25, -0.2) is 8.78 Å². The average Bonchev–Trinajstić information content (AvgIpc) is 3.21. The summed E-state index contributed by atoms with van der Waals surface area (Å²) in [7, 11) is 2.10. The van der Waals surface area contributed by atoms with Gasteiger partial charge in [-0.05, 0) is 54.9 Å². The quantitative estimate of drug-likeness (QED) is 0.804. The summed E-state index contributed by atoms with van der Waals surface area (Å²) in [6.45, 7) is 3.05. The molecule has 106 valence electrons. The Kier molecular flexibility index (Phi) is 4.92. The van der Waals surface area contributed by atoms with Crippen LogP contribution in [0.2, 0.25) is 0 Å². The van der Waals surface area contributed by atoms with Crippen LogP contribution in [0.15, 0.2) is 16.6 Å². The number of hydrogen-bond donors (Lipinski definition) is 1. The molecule has 0 spiro atoms. The minimum Gasteiger partial charge on any atom is -0.311 e. The van der Waals surface area contributed by atoms with Crippen molar-refractivity contribution >= 4 is 15.9 Å². The van der Waals surface area contributed by atoms with Crippen molar-refractivity contribution in [2.75, 3.05) is 13.6 Å². The third-order valence-electron chi connectivity index (χ3n) is 3.70. The van der Waals surface area contributed by atoms with Gasteiger partial charge in [0.1, 0.15) is 11.6 Å². The predicted molar refractivity (Wildman–Crippen MR) is 76.0 cm³/mol. The molecule has 19 heavy (non-hydrogen) atoms. The van der Waals surface area contributed by atoms with Crippen LogP contribution in [-0.4, -0.2) is 30.6 Å². The van der Waals surface area contributed by atoms with E-state index in [-0.39, 0.29) is 12.1 Å². The summed E-state index contributed by atoms with van der Waals surface area (Å²) in [4.78, 5) is 2.32. The van der Waals surface area contributed by atoms with Gasteiger partial charge >= 0.3 is 0 Å². The Bertz CT molecular complexity index is 449. The third-order valence-corrected chi connectivity index (χ3v) is 4.31. The van der Waals surface area contributed by atoms with E-state index in [4.69, 9.17) is 0 Å². The van der Waals surface area contributed by atoms with Gasteiger partial charge in [-0.3, -0.25) is 4.90 Å². The van der Waals surface area contributed by atoms with E-state index in [1.807, 2.05) is 0 Å². The Morgan fingerprint density at radius 1 is 1.42 bits per heavy atom. The fourth-order valence-electron chi connectivity index (χ4n) is 2.12. The number of nitrogens with one attached hydrogen (secondary N) is 1. The van der Waals surface area contributed by atoms with Gasteiger partial charge in [0.25, 0.3) is 0 Å². The molecule has 1 fully saturated rings. The van der Waals surface area contributed by atoms with Gasteiger partial charge in [0.15, 0.2) is 0 Å². The summed E-state index contributed by atoms with van der Waals surface area (Å²) in [5.74, 6) is -1.02. The SMILES string of the molecule is CC(CNCc1c(F)ccc(Br)c1F)N(C)C1CC1. The second kappa shape index (κ2) is 6.29. The van der Waals surface area contributed by atoms with Crippen LogP contribution in [0, 0.1) is 11.6 Å². The zero-order valence-corrected chi connectivity index (χ0v) is 12.8. The number of hydrogen-bond acceptors (Lipinski definition) is 2. The van der Waals surface area contributed by atoms with E-state index in [1.165, 1.54) is 25.0 Å².